The van der Waals surface area contributed by atoms with Crippen molar-refractivity contribution in [1.82, 2.24) is 14.8 Å². The summed E-state index contributed by atoms with van der Waals surface area (Å²) < 4.78 is 58.1. The first-order valence-electron chi connectivity index (χ1n) is 13.4. The summed E-state index contributed by atoms with van der Waals surface area (Å²) in [7, 11) is 1.53. The van der Waals surface area contributed by atoms with E-state index in [1.807, 2.05) is 30.5 Å². The van der Waals surface area contributed by atoms with Crippen molar-refractivity contribution in [2.45, 2.75) is 25.6 Å². The van der Waals surface area contributed by atoms with Gasteiger partial charge >= 0.3 is 12.2 Å². The van der Waals surface area contributed by atoms with Gasteiger partial charge in [-0.05, 0) is 60.4 Å². The molecule has 0 radical (unpaired) electrons. The molecular weight excluding hydrogens is 552 g/mol. The zero-order valence-corrected chi connectivity index (χ0v) is 23.1. The van der Waals surface area contributed by atoms with Gasteiger partial charge in [0.1, 0.15) is 12.4 Å². The number of halogens is 4. The number of rotatable bonds is 12. The van der Waals surface area contributed by atoms with Crippen LogP contribution in [0.5, 0.6) is 0 Å². The van der Waals surface area contributed by atoms with E-state index >= 15 is 0 Å². The van der Waals surface area contributed by atoms with Gasteiger partial charge in [0, 0.05) is 56.1 Å². The predicted molar refractivity (Wildman–Crippen MR) is 152 cm³/mol. The molecule has 3 aromatic carbocycles. The molecule has 0 spiro atoms. The average Bonchev–Trinajstić information content (AvgIpc) is 3.37. The van der Waals surface area contributed by atoms with Gasteiger partial charge in [0.2, 0.25) is 5.91 Å². The molecule has 0 fully saturated rings. The number of hydrogen-bond donors (Lipinski definition) is 2. The van der Waals surface area contributed by atoms with E-state index in [-0.39, 0.29) is 37.8 Å². The number of hydrogen-bond acceptors (Lipinski definition) is 3. The molecule has 1 aromatic heterocycles. The number of anilines is 1. The third-order valence-corrected chi connectivity index (χ3v) is 6.80. The fourth-order valence-electron chi connectivity index (χ4n) is 4.59. The van der Waals surface area contributed by atoms with Crippen LogP contribution in [0.2, 0.25) is 0 Å². The lowest BCUT2D eigenvalue weighted by Crippen LogP contribution is -2.45. The Hall–Kier alpha value is -4.38. The van der Waals surface area contributed by atoms with Crippen molar-refractivity contribution in [3.05, 3.63) is 102 Å². The number of alkyl halides is 3. The van der Waals surface area contributed by atoms with E-state index in [1.54, 1.807) is 0 Å². The molecule has 2 N–H and O–H groups in total. The molecule has 0 atom stereocenters. The minimum Gasteiger partial charge on any atom is -0.385 e. The number of nitrogens with zero attached hydrogens (tertiary/aromatic N) is 2. The number of aromatic amines is 1. The quantitative estimate of drug-likeness (QED) is 0.148. The molecule has 1 heterocycles. The molecule has 0 aliphatic rings. The number of carbonyl (C=O) groups is 2. The van der Waals surface area contributed by atoms with E-state index in [0.29, 0.717) is 25.0 Å². The Bertz CT molecular complexity index is 1490. The number of H-pyrrole nitrogens is 1. The molecule has 0 saturated carbocycles. The third kappa shape index (κ3) is 8.32. The number of methoxy groups -OCH3 is 1. The van der Waals surface area contributed by atoms with E-state index < -0.39 is 23.6 Å². The molecule has 0 saturated heterocycles. The highest BCUT2D eigenvalue weighted by Gasteiger charge is 2.30. The Morgan fingerprint density at radius 3 is 2.43 bits per heavy atom. The zero-order chi connectivity index (χ0) is 30.1. The number of nitrogens with one attached hydrogen (secondary N) is 2. The van der Waals surface area contributed by atoms with Crippen molar-refractivity contribution in [3.63, 3.8) is 0 Å². The lowest BCUT2D eigenvalue weighted by molar-refractivity contribution is -0.137. The Morgan fingerprint density at radius 2 is 1.71 bits per heavy atom. The monoisotopic (exact) mass is 584 g/mol. The summed E-state index contributed by atoms with van der Waals surface area (Å²) in [5, 5.41) is 3.63. The topological polar surface area (TPSA) is 77.7 Å². The van der Waals surface area contributed by atoms with Gasteiger partial charge in [0.15, 0.2) is 0 Å². The Kier molecular flexibility index (Phi) is 10.2. The summed E-state index contributed by atoms with van der Waals surface area (Å²) in [6, 6.07) is 17.2. The van der Waals surface area contributed by atoms with Crippen LogP contribution in [0.25, 0.3) is 10.9 Å². The first kappa shape index (κ1) is 30.6. The summed E-state index contributed by atoms with van der Waals surface area (Å²) in [6.07, 6.45) is -1.67. The van der Waals surface area contributed by atoms with Crippen LogP contribution < -0.4 is 5.32 Å². The fourth-order valence-corrected chi connectivity index (χ4v) is 4.59. The van der Waals surface area contributed by atoms with Gasteiger partial charge in [-0.15, -0.1) is 0 Å². The van der Waals surface area contributed by atoms with Crippen LogP contribution in [0.15, 0.2) is 79.0 Å². The molecule has 222 valence electrons. The normalized spacial score (nSPS) is 11.5. The summed E-state index contributed by atoms with van der Waals surface area (Å²) in [6.45, 7) is 0.570. The first-order valence-corrected chi connectivity index (χ1v) is 13.4. The number of urea groups is 1. The number of amides is 3. The number of carbonyl (C=O) groups excluding carboxylic acids is 2. The molecule has 0 bridgehead atoms. The van der Waals surface area contributed by atoms with Gasteiger partial charge in [-0.1, -0.05) is 36.4 Å². The largest absolute Gasteiger partial charge is 0.416 e. The highest BCUT2D eigenvalue weighted by molar-refractivity contribution is 5.92. The van der Waals surface area contributed by atoms with Crippen LogP contribution in [0.4, 0.5) is 28.0 Å². The standard InChI is InChI=1S/C31H32F4N4O3/c1-42-17-5-15-39(30(41)37-26-7-4-6-25(32)18-26)21-29(40)38(20-22-10-12-24(13-11-22)31(33,34)35)16-14-23-19-36-28-9-3-2-8-27(23)28/h2-4,6-13,18-19,36H,5,14-17,20-21H2,1H3,(H,37,41). The lowest BCUT2D eigenvalue weighted by atomic mass is 10.1. The highest BCUT2D eigenvalue weighted by Crippen LogP contribution is 2.29. The summed E-state index contributed by atoms with van der Waals surface area (Å²) >= 11 is 0. The molecule has 7 nitrogen and oxygen atoms in total. The molecule has 0 aliphatic heterocycles. The van der Waals surface area contributed by atoms with Crippen molar-refractivity contribution in [2.75, 3.05) is 38.7 Å². The maximum absolute atomic E-state index is 13.7. The number of para-hydroxylation sites is 1. The number of aromatic nitrogens is 1. The highest BCUT2D eigenvalue weighted by atomic mass is 19.4. The molecule has 0 unspecified atom stereocenters. The molecule has 42 heavy (non-hydrogen) atoms. The van der Waals surface area contributed by atoms with E-state index in [9.17, 15) is 27.2 Å². The van der Waals surface area contributed by atoms with Crippen molar-refractivity contribution in [2.24, 2.45) is 0 Å². The second-order valence-corrected chi connectivity index (χ2v) is 9.83. The van der Waals surface area contributed by atoms with E-state index in [1.165, 1.54) is 53.3 Å². The SMILES string of the molecule is COCCCN(CC(=O)N(CCc1c[nH]c2ccccc12)Cc1ccc(C(F)(F)F)cc1)C(=O)Nc1cccc(F)c1. The minimum absolute atomic E-state index is 0.0523. The van der Waals surface area contributed by atoms with E-state index in [4.69, 9.17) is 4.74 Å². The first-order chi connectivity index (χ1) is 20.1. The van der Waals surface area contributed by atoms with Crippen LogP contribution >= 0.6 is 0 Å². The Labute approximate surface area is 241 Å². The molecule has 4 rings (SSSR count). The van der Waals surface area contributed by atoms with Gasteiger partial charge in [-0.2, -0.15) is 13.2 Å². The van der Waals surface area contributed by atoms with Crippen LogP contribution in [0, 0.1) is 5.82 Å². The van der Waals surface area contributed by atoms with Crippen molar-refractivity contribution >= 4 is 28.5 Å². The van der Waals surface area contributed by atoms with Crippen LogP contribution in [-0.4, -0.2) is 60.1 Å². The van der Waals surface area contributed by atoms with Crippen molar-refractivity contribution < 1.29 is 31.9 Å². The third-order valence-electron chi connectivity index (χ3n) is 6.80. The average molecular weight is 585 g/mol. The summed E-state index contributed by atoms with van der Waals surface area (Å²) in [5.41, 5.74) is 1.92. The van der Waals surface area contributed by atoms with Crippen molar-refractivity contribution in [1.29, 1.82) is 0 Å². The van der Waals surface area contributed by atoms with E-state index in [0.717, 1.165) is 28.6 Å². The van der Waals surface area contributed by atoms with Crippen molar-refractivity contribution in [3.8, 4) is 0 Å². The van der Waals surface area contributed by atoms with Gasteiger partial charge in [-0.25, -0.2) is 9.18 Å². The molecule has 3 amide bonds. The molecule has 11 heteroatoms. The molecular formula is C31H32F4N4O3. The molecule has 0 aliphatic carbocycles. The van der Waals surface area contributed by atoms with Crippen LogP contribution in [0.3, 0.4) is 0 Å². The summed E-state index contributed by atoms with van der Waals surface area (Å²) in [5.74, 6) is -0.906. The molecule has 4 aromatic rings. The second kappa shape index (κ2) is 14.0. The zero-order valence-electron chi connectivity index (χ0n) is 23.1. The number of ether oxygens (including phenoxy) is 1. The van der Waals surface area contributed by atoms with Gasteiger partial charge in [0.05, 0.1) is 5.56 Å². The number of benzene rings is 3. The smallest absolute Gasteiger partial charge is 0.385 e. The Morgan fingerprint density at radius 1 is 0.952 bits per heavy atom. The summed E-state index contributed by atoms with van der Waals surface area (Å²) in [4.78, 5) is 32.9. The predicted octanol–water partition coefficient (Wildman–Crippen LogP) is 6.47. The Balaban J connectivity index is 1.53. The second-order valence-electron chi connectivity index (χ2n) is 9.83. The number of fused-ring (bicyclic) bond motifs is 1. The maximum Gasteiger partial charge on any atom is 0.416 e. The fraction of sp³-hybridized carbons (Fsp3) is 0.290. The maximum atomic E-state index is 13.7. The van der Waals surface area contributed by atoms with Gasteiger partial charge < -0.3 is 24.8 Å². The van der Waals surface area contributed by atoms with Gasteiger partial charge in [-0.3, -0.25) is 4.79 Å². The van der Waals surface area contributed by atoms with Gasteiger partial charge in [0.25, 0.3) is 0 Å². The van der Waals surface area contributed by atoms with Crippen LogP contribution in [0.1, 0.15) is 23.1 Å². The minimum atomic E-state index is -4.47. The van der Waals surface area contributed by atoms with E-state index in [2.05, 4.69) is 10.3 Å². The lowest BCUT2D eigenvalue weighted by Gasteiger charge is -2.28. The van der Waals surface area contributed by atoms with Crippen LogP contribution in [-0.2, 0) is 28.7 Å².